The van der Waals surface area contributed by atoms with Crippen LogP contribution in [0.4, 0.5) is 11.4 Å². The van der Waals surface area contributed by atoms with Crippen molar-refractivity contribution in [1.29, 1.82) is 0 Å². The van der Waals surface area contributed by atoms with Gasteiger partial charge in [0.15, 0.2) is 9.84 Å². The number of hydrogen-bond acceptors (Lipinski definition) is 6. The molecule has 22 heavy (non-hydrogen) atoms. The summed E-state index contributed by atoms with van der Waals surface area (Å²) in [5.41, 5.74) is 0.385. The highest BCUT2D eigenvalue weighted by atomic mass is 32.2. The van der Waals surface area contributed by atoms with Gasteiger partial charge < -0.3 is 10.6 Å². The second-order valence-electron chi connectivity index (χ2n) is 5.28. The number of non-ortho nitro benzene ring substituents is 1. The summed E-state index contributed by atoms with van der Waals surface area (Å²) in [6, 6.07) is 4.84. The van der Waals surface area contributed by atoms with Crippen LogP contribution in [0.1, 0.15) is 13.3 Å². The van der Waals surface area contributed by atoms with E-state index in [1.165, 1.54) is 18.2 Å². The monoisotopic (exact) mass is 327 g/mol. The number of anilines is 1. The molecule has 120 valence electrons. The number of nitro groups is 1. The third kappa shape index (κ3) is 4.17. The maximum absolute atomic E-state index is 12.0. The molecule has 2 rings (SSSR count). The summed E-state index contributed by atoms with van der Waals surface area (Å²) in [5.74, 6) is -0.291. The second-order valence-corrected chi connectivity index (χ2v) is 7.51. The number of nitro benzene ring substituents is 1. The maximum Gasteiger partial charge on any atom is 0.271 e. The number of benzene rings is 1. The van der Waals surface area contributed by atoms with Crippen molar-refractivity contribution in [3.63, 3.8) is 0 Å². The Bertz CT molecular complexity index is 689. The lowest BCUT2D eigenvalue weighted by molar-refractivity contribution is -0.384. The fraction of sp³-hybridized carbons (Fsp3) is 0.462. The average molecular weight is 327 g/mol. The zero-order valence-corrected chi connectivity index (χ0v) is 12.8. The molecule has 2 atom stereocenters. The van der Waals surface area contributed by atoms with Crippen LogP contribution in [-0.2, 0) is 14.6 Å². The van der Waals surface area contributed by atoms with E-state index in [4.69, 9.17) is 0 Å². The van der Waals surface area contributed by atoms with Crippen LogP contribution in [0.2, 0.25) is 0 Å². The Morgan fingerprint density at radius 2 is 2.18 bits per heavy atom. The Labute approximate surface area is 128 Å². The number of carbonyl (C=O) groups excluding carboxylic acids is 1. The van der Waals surface area contributed by atoms with E-state index >= 15 is 0 Å². The Morgan fingerprint density at radius 3 is 2.77 bits per heavy atom. The Balaban J connectivity index is 1.94. The van der Waals surface area contributed by atoms with Gasteiger partial charge in [0, 0.05) is 23.9 Å². The molecule has 0 unspecified atom stereocenters. The number of hydrogen-bond donors (Lipinski definition) is 2. The summed E-state index contributed by atoms with van der Waals surface area (Å²) >= 11 is 0. The summed E-state index contributed by atoms with van der Waals surface area (Å²) in [4.78, 5) is 22.2. The minimum atomic E-state index is -3.05. The molecule has 1 heterocycles. The third-order valence-corrected chi connectivity index (χ3v) is 5.18. The van der Waals surface area contributed by atoms with Crippen molar-refractivity contribution in [1.82, 2.24) is 5.32 Å². The van der Waals surface area contributed by atoms with E-state index in [-0.39, 0.29) is 29.1 Å². The molecule has 1 aromatic rings. The van der Waals surface area contributed by atoms with Crippen molar-refractivity contribution in [2.24, 2.45) is 0 Å². The van der Waals surface area contributed by atoms with Crippen LogP contribution in [0.5, 0.6) is 0 Å². The first-order chi connectivity index (χ1) is 10.3. The fourth-order valence-corrected chi connectivity index (χ4v) is 3.93. The van der Waals surface area contributed by atoms with E-state index in [0.717, 1.165) is 0 Å². The zero-order chi connectivity index (χ0) is 16.3. The van der Waals surface area contributed by atoms with Gasteiger partial charge >= 0.3 is 0 Å². The van der Waals surface area contributed by atoms with Gasteiger partial charge in [-0.05, 0) is 19.4 Å². The predicted molar refractivity (Wildman–Crippen MR) is 81.4 cm³/mol. The van der Waals surface area contributed by atoms with Crippen LogP contribution in [0, 0.1) is 10.1 Å². The molecule has 0 aliphatic carbocycles. The van der Waals surface area contributed by atoms with Crippen molar-refractivity contribution >= 4 is 27.1 Å². The minimum Gasteiger partial charge on any atom is -0.374 e. The molecule has 1 amide bonds. The summed E-state index contributed by atoms with van der Waals surface area (Å²) in [6.07, 6.45) is 0.414. The summed E-state index contributed by atoms with van der Waals surface area (Å²) in [6.45, 7) is 1.61. The summed E-state index contributed by atoms with van der Waals surface area (Å²) in [7, 11) is -3.05. The average Bonchev–Trinajstić information content (AvgIpc) is 2.78. The quantitative estimate of drug-likeness (QED) is 0.607. The van der Waals surface area contributed by atoms with Gasteiger partial charge in [-0.15, -0.1) is 0 Å². The molecule has 0 spiro atoms. The van der Waals surface area contributed by atoms with Gasteiger partial charge in [-0.25, -0.2) is 8.42 Å². The molecule has 0 radical (unpaired) electrons. The number of sulfone groups is 1. The summed E-state index contributed by atoms with van der Waals surface area (Å²) < 4.78 is 22.7. The first-order valence-electron chi connectivity index (χ1n) is 6.78. The zero-order valence-electron chi connectivity index (χ0n) is 12.0. The molecule has 1 saturated heterocycles. The smallest absolute Gasteiger partial charge is 0.271 e. The van der Waals surface area contributed by atoms with Crippen LogP contribution >= 0.6 is 0 Å². The largest absolute Gasteiger partial charge is 0.374 e. The first kappa shape index (κ1) is 16.2. The van der Waals surface area contributed by atoms with Gasteiger partial charge in [-0.3, -0.25) is 14.9 Å². The van der Waals surface area contributed by atoms with E-state index in [1.54, 1.807) is 13.0 Å². The van der Waals surface area contributed by atoms with Crippen LogP contribution in [-0.4, -0.2) is 42.8 Å². The van der Waals surface area contributed by atoms with Crippen LogP contribution in [0.25, 0.3) is 0 Å². The lowest BCUT2D eigenvalue weighted by Crippen LogP contribution is -2.43. The molecule has 1 aromatic carbocycles. The lowest BCUT2D eigenvalue weighted by Gasteiger charge is -2.18. The lowest BCUT2D eigenvalue weighted by atomic mass is 10.2. The fourth-order valence-electron chi connectivity index (χ4n) is 2.26. The molecule has 1 fully saturated rings. The highest BCUT2D eigenvalue weighted by Crippen LogP contribution is 2.18. The molecule has 9 heteroatoms. The molecule has 0 bridgehead atoms. The van der Waals surface area contributed by atoms with Gasteiger partial charge in [-0.1, -0.05) is 6.07 Å². The highest BCUT2D eigenvalue weighted by molar-refractivity contribution is 7.91. The molecular formula is C13H17N3O5S. The van der Waals surface area contributed by atoms with E-state index in [0.29, 0.717) is 12.1 Å². The Morgan fingerprint density at radius 1 is 1.45 bits per heavy atom. The van der Waals surface area contributed by atoms with Crippen LogP contribution in [0.15, 0.2) is 24.3 Å². The molecule has 0 aromatic heterocycles. The number of rotatable bonds is 5. The highest BCUT2D eigenvalue weighted by Gasteiger charge is 2.29. The maximum atomic E-state index is 12.0. The van der Waals surface area contributed by atoms with Crippen LogP contribution in [0.3, 0.4) is 0 Å². The molecule has 0 saturated carbocycles. The minimum absolute atomic E-state index is 0.0394. The SMILES string of the molecule is C[C@@H](Nc1cccc([N+](=O)[O-])c1)C(=O)N[C@H]1CCS(=O)(=O)C1. The standard InChI is InChI=1S/C13H17N3O5S/c1-9(13(17)15-11-5-6-22(20,21)8-11)14-10-3-2-4-12(7-10)16(18)19/h2-4,7,9,11,14H,5-6,8H2,1H3,(H,15,17)/t9-,11+/m1/s1. The van der Waals surface area contributed by atoms with E-state index in [1.807, 2.05) is 0 Å². The molecule has 1 aliphatic rings. The Hall–Kier alpha value is -2.16. The van der Waals surface area contributed by atoms with Crippen LogP contribution < -0.4 is 10.6 Å². The summed E-state index contributed by atoms with van der Waals surface area (Å²) in [5, 5.41) is 16.2. The topological polar surface area (TPSA) is 118 Å². The normalized spacial score (nSPS) is 21.0. The van der Waals surface area contributed by atoms with Crippen molar-refractivity contribution in [3.8, 4) is 0 Å². The van der Waals surface area contributed by atoms with Gasteiger partial charge in [0.05, 0.1) is 16.4 Å². The van der Waals surface area contributed by atoms with Crippen molar-refractivity contribution < 1.29 is 18.1 Å². The second kappa shape index (κ2) is 6.30. The van der Waals surface area contributed by atoms with Crippen molar-refractivity contribution in [2.45, 2.75) is 25.4 Å². The molecule has 1 aliphatic heterocycles. The van der Waals surface area contributed by atoms with E-state index in [9.17, 15) is 23.3 Å². The Kier molecular flexibility index (Phi) is 4.65. The van der Waals surface area contributed by atoms with E-state index < -0.39 is 20.8 Å². The van der Waals surface area contributed by atoms with Gasteiger partial charge in [0.1, 0.15) is 6.04 Å². The first-order valence-corrected chi connectivity index (χ1v) is 8.61. The van der Waals surface area contributed by atoms with Crippen molar-refractivity contribution in [3.05, 3.63) is 34.4 Å². The number of amides is 1. The van der Waals surface area contributed by atoms with Gasteiger partial charge in [-0.2, -0.15) is 0 Å². The van der Waals surface area contributed by atoms with Gasteiger partial charge in [0.2, 0.25) is 5.91 Å². The van der Waals surface area contributed by atoms with Gasteiger partial charge in [0.25, 0.3) is 5.69 Å². The predicted octanol–water partition coefficient (Wildman–Crippen LogP) is 0.698. The molecule has 8 nitrogen and oxygen atoms in total. The third-order valence-electron chi connectivity index (χ3n) is 3.41. The number of nitrogens with zero attached hydrogens (tertiary/aromatic N) is 1. The molecular weight excluding hydrogens is 310 g/mol. The number of nitrogens with one attached hydrogen (secondary N) is 2. The van der Waals surface area contributed by atoms with E-state index in [2.05, 4.69) is 10.6 Å². The number of carbonyl (C=O) groups is 1. The molecule has 2 N–H and O–H groups in total. The van der Waals surface area contributed by atoms with Crippen molar-refractivity contribution in [2.75, 3.05) is 16.8 Å².